The number of aromatic nitrogens is 4. The van der Waals surface area contributed by atoms with E-state index < -0.39 is 38.3 Å². The number of carbonyl (C=O) groups excluding carboxylic acids is 1. The predicted molar refractivity (Wildman–Crippen MR) is 207 cm³/mol. The smallest absolute Gasteiger partial charge is 0.256 e. The fourth-order valence-electron chi connectivity index (χ4n) is 6.74. The first-order valence-electron chi connectivity index (χ1n) is 17.6. The molecule has 2 N–H and O–H groups in total. The number of hydrogen-bond acceptors (Lipinski definition) is 7. The fourth-order valence-corrected chi connectivity index (χ4v) is 8.04. The third-order valence-corrected chi connectivity index (χ3v) is 15.0. The standard InChI is InChI=1S/C42H45N6O3Si/c1-29-34(47-42(31-21-13-8-14-22-31,32-23-15-9-16-24-32)33-25-17-10-18-26-33)36(51-52(5,6)41(2,3)4)40(50-29)48-28-45-35-37(43-27-44-38(35)48)46-39(49)30-19-11-7-12-20-30/h7-29,34,36,40,47H,1H2,2-6H3,(H,43,44,46,49)/t29-,34+,36+,40+/m0/s1. The van der Waals surface area contributed by atoms with Crippen LogP contribution in [0.25, 0.3) is 11.2 Å². The fraction of sp³-hybridized carbons (Fsp3) is 0.262. The van der Waals surface area contributed by atoms with E-state index in [0.717, 1.165) is 16.7 Å². The average Bonchev–Trinajstić information content (AvgIpc) is 3.72. The number of carbonyl (C=O) groups is 1. The lowest BCUT2D eigenvalue weighted by molar-refractivity contribution is -0.0194. The summed E-state index contributed by atoms with van der Waals surface area (Å²) in [7, 11) is -2.42. The van der Waals surface area contributed by atoms with Gasteiger partial charge in [-0.25, -0.2) is 15.0 Å². The molecule has 2 aromatic heterocycles. The van der Waals surface area contributed by atoms with Crippen LogP contribution in [0.15, 0.2) is 134 Å². The van der Waals surface area contributed by atoms with Crippen LogP contribution in [-0.4, -0.2) is 52.0 Å². The largest absolute Gasteiger partial charge is 0.408 e. The molecule has 6 aromatic rings. The van der Waals surface area contributed by atoms with Crippen molar-refractivity contribution in [3.8, 4) is 0 Å². The van der Waals surface area contributed by atoms with Crippen LogP contribution in [0.5, 0.6) is 0 Å². The SMILES string of the molecule is [CH2][C@@H]1O[C@@H](n2cnc3c(NC(=O)c4ccccc4)ncnc32)[C@H](O[Si](C)(C)C(C)(C)C)[C@@H]1NC(c1ccccc1)(c1ccccc1)c1ccccc1. The van der Waals surface area contributed by atoms with E-state index in [1.165, 1.54) is 6.33 Å². The van der Waals surface area contributed by atoms with E-state index in [4.69, 9.17) is 14.1 Å². The van der Waals surface area contributed by atoms with Crippen molar-refractivity contribution in [1.29, 1.82) is 0 Å². The summed E-state index contributed by atoms with van der Waals surface area (Å²) < 4.78 is 16.1. The van der Waals surface area contributed by atoms with E-state index in [-0.39, 0.29) is 10.9 Å². The number of anilines is 1. The molecule has 4 atom stereocenters. The maximum Gasteiger partial charge on any atom is 0.256 e. The summed E-state index contributed by atoms with van der Waals surface area (Å²) in [6, 6.07) is 40.1. The highest BCUT2D eigenvalue weighted by Gasteiger charge is 2.53. The summed E-state index contributed by atoms with van der Waals surface area (Å²) >= 11 is 0. The van der Waals surface area contributed by atoms with Crippen LogP contribution in [0.2, 0.25) is 18.1 Å². The molecule has 1 radical (unpaired) electrons. The lowest BCUT2D eigenvalue weighted by atomic mass is 9.76. The van der Waals surface area contributed by atoms with Gasteiger partial charge in [0.05, 0.1) is 24.0 Å². The molecule has 4 aromatic carbocycles. The van der Waals surface area contributed by atoms with E-state index in [9.17, 15) is 4.79 Å². The molecule has 0 bridgehead atoms. The van der Waals surface area contributed by atoms with Crippen molar-refractivity contribution in [3.63, 3.8) is 0 Å². The molecule has 1 fully saturated rings. The number of fused-ring (bicyclic) bond motifs is 1. The van der Waals surface area contributed by atoms with Gasteiger partial charge in [-0.1, -0.05) is 130 Å². The third-order valence-electron chi connectivity index (χ3n) is 10.5. The molecular weight excluding hydrogens is 665 g/mol. The van der Waals surface area contributed by atoms with Gasteiger partial charge in [-0.15, -0.1) is 0 Å². The van der Waals surface area contributed by atoms with Gasteiger partial charge < -0.3 is 14.5 Å². The second-order valence-electron chi connectivity index (χ2n) is 14.8. The Labute approximate surface area is 306 Å². The van der Waals surface area contributed by atoms with E-state index in [0.29, 0.717) is 22.5 Å². The van der Waals surface area contributed by atoms with E-state index in [2.05, 4.69) is 134 Å². The highest BCUT2D eigenvalue weighted by Crippen LogP contribution is 2.45. The van der Waals surface area contributed by atoms with Crippen molar-refractivity contribution < 1.29 is 14.0 Å². The Bertz CT molecular complexity index is 2020. The molecule has 10 heteroatoms. The van der Waals surface area contributed by atoms with Crippen LogP contribution >= 0.6 is 0 Å². The topological polar surface area (TPSA) is 103 Å². The zero-order valence-corrected chi connectivity index (χ0v) is 31.2. The molecule has 0 saturated carbocycles. The zero-order valence-electron chi connectivity index (χ0n) is 30.2. The van der Waals surface area contributed by atoms with Gasteiger partial charge in [0.15, 0.2) is 31.5 Å². The number of imidazole rings is 1. The molecule has 1 saturated heterocycles. The summed E-state index contributed by atoms with van der Waals surface area (Å²) in [4.78, 5) is 26.9. The molecule has 0 aliphatic carbocycles. The van der Waals surface area contributed by atoms with E-state index in [1.807, 2.05) is 41.0 Å². The number of nitrogens with one attached hydrogen (secondary N) is 2. The maximum atomic E-state index is 13.1. The van der Waals surface area contributed by atoms with E-state index >= 15 is 0 Å². The first-order chi connectivity index (χ1) is 25.0. The van der Waals surface area contributed by atoms with Crippen LogP contribution in [0.3, 0.4) is 0 Å². The highest BCUT2D eigenvalue weighted by molar-refractivity contribution is 6.74. The van der Waals surface area contributed by atoms with Gasteiger partial charge in [-0.2, -0.15) is 0 Å². The van der Waals surface area contributed by atoms with Crippen molar-refractivity contribution in [3.05, 3.63) is 163 Å². The number of rotatable bonds is 10. The molecule has 9 nitrogen and oxygen atoms in total. The Morgan fingerprint density at radius 1 is 0.788 bits per heavy atom. The lowest BCUT2D eigenvalue weighted by Crippen LogP contribution is -2.58. The molecule has 3 heterocycles. The molecule has 0 unspecified atom stereocenters. The average molecular weight is 710 g/mol. The molecule has 1 amide bonds. The first kappa shape index (κ1) is 35.4. The molecule has 52 heavy (non-hydrogen) atoms. The Kier molecular flexibility index (Phi) is 9.66. The third kappa shape index (κ3) is 6.59. The van der Waals surface area contributed by atoms with Crippen LogP contribution in [0.1, 0.15) is 54.0 Å². The van der Waals surface area contributed by atoms with Gasteiger partial charge in [-0.05, 0) is 53.9 Å². The monoisotopic (exact) mass is 709 g/mol. The number of hydrogen-bond donors (Lipinski definition) is 2. The maximum absolute atomic E-state index is 13.1. The molecule has 265 valence electrons. The lowest BCUT2D eigenvalue weighted by Gasteiger charge is -2.44. The highest BCUT2D eigenvalue weighted by atomic mass is 28.4. The summed E-state index contributed by atoms with van der Waals surface area (Å²) in [5.74, 6) is 0.0297. The number of nitrogens with zero attached hydrogens (tertiary/aromatic N) is 4. The number of benzene rings is 4. The van der Waals surface area contributed by atoms with Gasteiger partial charge in [-0.3, -0.25) is 14.7 Å². The number of ether oxygens (including phenoxy) is 1. The summed E-state index contributed by atoms with van der Waals surface area (Å²) in [5, 5.41) is 6.96. The van der Waals surface area contributed by atoms with Gasteiger partial charge in [0.25, 0.3) is 5.91 Å². The van der Waals surface area contributed by atoms with Gasteiger partial charge in [0.2, 0.25) is 0 Å². The minimum atomic E-state index is -2.42. The quantitative estimate of drug-likeness (QED) is 0.109. The van der Waals surface area contributed by atoms with Crippen molar-refractivity contribution in [2.75, 3.05) is 5.32 Å². The van der Waals surface area contributed by atoms with Crippen molar-refractivity contribution in [1.82, 2.24) is 24.8 Å². The van der Waals surface area contributed by atoms with Gasteiger partial charge >= 0.3 is 0 Å². The minimum Gasteiger partial charge on any atom is -0.408 e. The normalized spacial score (nSPS) is 19.5. The van der Waals surface area contributed by atoms with Gasteiger partial charge in [0.1, 0.15) is 12.4 Å². The van der Waals surface area contributed by atoms with Crippen LogP contribution in [0, 0.1) is 6.92 Å². The predicted octanol–water partition coefficient (Wildman–Crippen LogP) is 8.15. The van der Waals surface area contributed by atoms with Crippen molar-refractivity contribution in [2.24, 2.45) is 0 Å². The molecular formula is C42H45N6O3Si. The Balaban J connectivity index is 1.35. The van der Waals surface area contributed by atoms with Crippen LogP contribution < -0.4 is 10.6 Å². The first-order valence-corrected chi connectivity index (χ1v) is 20.5. The van der Waals surface area contributed by atoms with Crippen molar-refractivity contribution >= 4 is 31.2 Å². The second-order valence-corrected chi connectivity index (χ2v) is 19.5. The molecule has 7 rings (SSSR count). The minimum absolute atomic E-state index is 0.0925. The number of amides is 1. The van der Waals surface area contributed by atoms with Crippen LogP contribution in [0.4, 0.5) is 5.82 Å². The Morgan fingerprint density at radius 2 is 1.31 bits per heavy atom. The zero-order chi connectivity index (χ0) is 36.5. The molecule has 0 spiro atoms. The summed E-state index contributed by atoms with van der Waals surface area (Å²) in [6.45, 7) is 15.8. The van der Waals surface area contributed by atoms with Crippen LogP contribution in [-0.2, 0) is 14.7 Å². The van der Waals surface area contributed by atoms with E-state index in [1.54, 1.807) is 18.5 Å². The molecule has 1 aliphatic rings. The molecule has 1 aliphatic heterocycles. The van der Waals surface area contributed by atoms with Crippen molar-refractivity contribution in [2.45, 2.75) is 68.9 Å². The Morgan fingerprint density at radius 3 is 1.83 bits per heavy atom. The summed E-state index contributed by atoms with van der Waals surface area (Å²) in [5.41, 5.74) is 3.93. The summed E-state index contributed by atoms with van der Waals surface area (Å²) in [6.07, 6.45) is 1.44. The second kappa shape index (κ2) is 14.2. The van der Waals surface area contributed by atoms with Gasteiger partial charge in [0, 0.05) is 5.56 Å². The Hall–Kier alpha value is -5.00.